The molecule has 1 aliphatic carbocycles. The third kappa shape index (κ3) is 5.39. The largest absolute Gasteiger partial charge is 0.365 e. The molecular formula is C22H26ClN3O2S2. The first-order valence-corrected chi connectivity index (χ1v) is 11.4. The van der Waals surface area contributed by atoms with Gasteiger partial charge in [-0.15, -0.1) is 11.3 Å². The van der Waals surface area contributed by atoms with E-state index >= 15 is 0 Å². The fourth-order valence-corrected chi connectivity index (χ4v) is 5.51. The predicted octanol–water partition coefficient (Wildman–Crippen LogP) is 4.71. The number of thiophene rings is 1. The van der Waals surface area contributed by atoms with Gasteiger partial charge in [0.25, 0.3) is 5.91 Å². The van der Waals surface area contributed by atoms with Crippen molar-refractivity contribution in [2.45, 2.75) is 46.5 Å². The van der Waals surface area contributed by atoms with E-state index < -0.39 is 5.91 Å². The Morgan fingerprint density at radius 2 is 1.93 bits per heavy atom. The number of amides is 2. The molecule has 0 unspecified atom stereocenters. The Morgan fingerprint density at radius 1 is 1.27 bits per heavy atom. The molecular weight excluding hydrogens is 438 g/mol. The van der Waals surface area contributed by atoms with Gasteiger partial charge in [0.2, 0.25) is 5.91 Å². The summed E-state index contributed by atoms with van der Waals surface area (Å²) in [5.74, 6) is -0.174. The van der Waals surface area contributed by atoms with E-state index in [0.717, 1.165) is 30.4 Å². The van der Waals surface area contributed by atoms with Gasteiger partial charge in [0.15, 0.2) is 5.11 Å². The van der Waals surface area contributed by atoms with E-state index in [-0.39, 0.29) is 22.9 Å². The first-order valence-electron chi connectivity index (χ1n) is 9.84. The molecule has 160 valence electrons. The van der Waals surface area contributed by atoms with Gasteiger partial charge < -0.3 is 16.4 Å². The molecule has 1 heterocycles. The number of rotatable bonds is 4. The van der Waals surface area contributed by atoms with Gasteiger partial charge in [-0.2, -0.15) is 0 Å². The summed E-state index contributed by atoms with van der Waals surface area (Å²) in [7, 11) is 0. The van der Waals surface area contributed by atoms with Crippen LogP contribution in [0, 0.1) is 11.3 Å². The van der Waals surface area contributed by atoms with Gasteiger partial charge in [-0.3, -0.25) is 9.59 Å². The third-order valence-corrected chi connectivity index (χ3v) is 7.12. The highest BCUT2D eigenvalue weighted by molar-refractivity contribution is 7.80. The maximum atomic E-state index is 12.3. The van der Waals surface area contributed by atoms with Crippen LogP contribution in [0.25, 0.3) is 0 Å². The summed E-state index contributed by atoms with van der Waals surface area (Å²) >= 11 is 12.7. The second kappa shape index (κ2) is 9.04. The van der Waals surface area contributed by atoms with Crippen molar-refractivity contribution in [1.29, 1.82) is 0 Å². The van der Waals surface area contributed by atoms with Crippen LogP contribution in [0.15, 0.2) is 24.3 Å². The lowest BCUT2D eigenvalue weighted by molar-refractivity contribution is -0.119. The Kier molecular flexibility index (Phi) is 6.84. The van der Waals surface area contributed by atoms with E-state index in [2.05, 4.69) is 31.4 Å². The molecule has 30 heavy (non-hydrogen) atoms. The lowest BCUT2D eigenvalue weighted by Gasteiger charge is -2.33. The van der Waals surface area contributed by atoms with Crippen LogP contribution < -0.4 is 16.4 Å². The summed E-state index contributed by atoms with van der Waals surface area (Å²) < 4.78 is 0. The zero-order valence-corrected chi connectivity index (χ0v) is 19.7. The van der Waals surface area contributed by atoms with Crippen LogP contribution in [-0.2, 0) is 24.1 Å². The average molecular weight is 464 g/mol. The summed E-state index contributed by atoms with van der Waals surface area (Å²) in [6.45, 7) is 6.74. The Hall–Kier alpha value is -1.96. The zero-order chi connectivity index (χ0) is 22.1. The highest BCUT2D eigenvalue weighted by Gasteiger charge is 2.33. The molecule has 2 aromatic rings. The number of hydrogen-bond donors (Lipinski definition) is 3. The number of nitrogens with one attached hydrogen (secondary N) is 2. The monoisotopic (exact) mass is 463 g/mol. The van der Waals surface area contributed by atoms with E-state index in [9.17, 15) is 9.59 Å². The van der Waals surface area contributed by atoms with E-state index in [1.807, 2.05) is 0 Å². The zero-order valence-electron chi connectivity index (χ0n) is 17.3. The predicted molar refractivity (Wildman–Crippen MR) is 127 cm³/mol. The highest BCUT2D eigenvalue weighted by atomic mass is 35.5. The van der Waals surface area contributed by atoms with Crippen molar-refractivity contribution in [1.82, 2.24) is 5.32 Å². The number of anilines is 1. The molecule has 1 aromatic heterocycles. The highest BCUT2D eigenvalue weighted by Crippen LogP contribution is 2.44. The van der Waals surface area contributed by atoms with Crippen molar-refractivity contribution in [2.75, 3.05) is 5.32 Å². The van der Waals surface area contributed by atoms with Crippen molar-refractivity contribution in [3.8, 4) is 0 Å². The molecule has 1 atom stereocenters. The second-order valence-electron chi connectivity index (χ2n) is 8.68. The number of halogens is 1. The minimum Gasteiger partial charge on any atom is -0.365 e. The average Bonchev–Trinajstić information content (AvgIpc) is 2.99. The number of primary amides is 1. The topological polar surface area (TPSA) is 84.2 Å². The van der Waals surface area contributed by atoms with Crippen LogP contribution in [0.5, 0.6) is 0 Å². The van der Waals surface area contributed by atoms with E-state index in [1.165, 1.54) is 16.2 Å². The molecule has 8 heteroatoms. The summed E-state index contributed by atoms with van der Waals surface area (Å²) in [6, 6.07) is 7.06. The van der Waals surface area contributed by atoms with Crippen molar-refractivity contribution in [3.63, 3.8) is 0 Å². The fraction of sp³-hybridized carbons (Fsp3) is 0.409. The quantitative estimate of drug-likeness (QED) is 0.573. The molecule has 0 spiro atoms. The molecule has 1 aromatic carbocycles. The minimum absolute atomic E-state index is 0.155. The smallest absolute Gasteiger partial charge is 0.251 e. The van der Waals surface area contributed by atoms with Crippen LogP contribution in [0.4, 0.5) is 5.00 Å². The molecule has 0 aliphatic heterocycles. The van der Waals surface area contributed by atoms with Crippen molar-refractivity contribution in [3.05, 3.63) is 50.9 Å². The number of carbonyl (C=O) groups is 2. The van der Waals surface area contributed by atoms with Crippen LogP contribution in [0.3, 0.4) is 0 Å². The van der Waals surface area contributed by atoms with Crippen LogP contribution in [0.1, 0.15) is 53.6 Å². The van der Waals surface area contributed by atoms with Crippen molar-refractivity contribution < 1.29 is 9.59 Å². The van der Waals surface area contributed by atoms with E-state index in [4.69, 9.17) is 29.6 Å². The second-order valence-corrected chi connectivity index (χ2v) is 10.6. The third-order valence-electron chi connectivity index (χ3n) is 5.49. The molecule has 0 bridgehead atoms. The molecule has 0 fully saturated rings. The summed E-state index contributed by atoms with van der Waals surface area (Å²) in [6.07, 6.45) is 2.94. The maximum absolute atomic E-state index is 12.3. The number of fused-ring (bicyclic) bond motifs is 1. The number of thiocarbonyl (C=S) groups is 1. The Bertz CT molecular complexity index is 978. The Labute approximate surface area is 191 Å². The van der Waals surface area contributed by atoms with Gasteiger partial charge in [-0.1, -0.05) is 44.5 Å². The normalized spacial score (nSPS) is 15.9. The molecule has 3 rings (SSSR count). The first kappa shape index (κ1) is 22.7. The lowest BCUT2D eigenvalue weighted by atomic mass is 9.72. The van der Waals surface area contributed by atoms with E-state index in [0.29, 0.717) is 21.5 Å². The number of carbonyl (C=O) groups excluding carboxylic acids is 2. The first-order chi connectivity index (χ1) is 14.0. The molecule has 0 saturated carbocycles. The molecule has 1 aliphatic rings. The van der Waals surface area contributed by atoms with Gasteiger partial charge in [0.1, 0.15) is 5.00 Å². The van der Waals surface area contributed by atoms with Crippen molar-refractivity contribution >= 4 is 57.1 Å². The number of hydrogen-bond acceptors (Lipinski definition) is 4. The summed E-state index contributed by atoms with van der Waals surface area (Å²) in [5.41, 5.74) is 8.23. The lowest BCUT2D eigenvalue weighted by Crippen LogP contribution is -2.35. The van der Waals surface area contributed by atoms with E-state index in [1.54, 1.807) is 24.3 Å². The van der Waals surface area contributed by atoms with Gasteiger partial charge in [0.05, 0.1) is 12.0 Å². The summed E-state index contributed by atoms with van der Waals surface area (Å²) in [4.78, 5) is 25.6. The van der Waals surface area contributed by atoms with Gasteiger partial charge >= 0.3 is 0 Å². The SMILES string of the molecule is CC(C)(C)[C@H]1CCc2c(sc(NC(=S)NC(=O)Cc3ccc(Cl)cc3)c2C(N)=O)C1. The Morgan fingerprint density at radius 3 is 2.53 bits per heavy atom. The van der Waals surface area contributed by atoms with Gasteiger partial charge in [-0.05, 0) is 66.1 Å². The van der Waals surface area contributed by atoms with Crippen LogP contribution in [-0.4, -0.2) is 16.9 Å². The molecule has 0 radical (unpaired) electrons. The Balaban J connectivity index is 1.70. The number of nitrogens with two attached hydrogens (primary N) is 1. The summed E-state index contributed by atoms with van der Waals surface area (Å²) in [5, 5.41) is 7.08. The van der Waals surface area contributed by atoms with Gasteiger partial charge in [-0.25, -0.2) is 0 Å². The molecule has 2 amide bonds. The molecule has 4 N–H and O–H groups in total. The standard InChI is InChI=1S/C22H26ClN3O2S2/c1-22(2,3)13-6-9-15-16(11-13)30-20(18(15)19(24)28)26-21(29)25-17(27)10-12-4-7-14(23)8-5-12/h4-5,7-8,13H,6,9-11H2,1-3H3,(H2,24,28)(H2,25,26,27,29)/t13-/m0/s1. The number of benzene rings is 1. The molecule has 5 nitrogen and oxygen atoms in total. The minimum atomic E-state index is -0.473. The van der Waals surface area contributed by atoms with Crippen LogP contribution in [0.2, 0.25) is 5.02 Å². The maximum Gasteiger partial charge on any atom is 0.251 e. The molecule has 0 saturated heterocycles. The van der Waals surface area contributed by atoms with Gasteiger partial charge in [0, 0.05) is 9.90 Å². The van der Waals surface area contributed by atoms with Crippen molar-refractivity contribution in [2.24, 2.45) is 17.1 Å². The van der Waals surface area contributed by atoms with Crippen LogP contribution >= 0.6 is 35.2 Å². The fourth-order valence-electron chi connectivity index (χ4n) is 3.77.